The van der Waals surface area contributed by atoms with Gasteiger partial charge in [-0.15, -0.1) is 0 Å². The minimum absolute atomic E-state index is 0.254. The number of anilines is 2. The van der Waals surface area contributed by atoms with E-state index < -0.39 is 18.1 Å². The lowest BCUT2D eigenvalue weighted by molar-refractivity contribution is -0.126. The zero-order valence-corrected chi connectivity index (χ0v) is 21.3. The Kier molecular flexibility index (Phi) is 6.18. The predicted octanol–water partition coefficient (Wildman–Crippen LogP) is 5.93. The van der Waals surface area contributed by atoms with Crippen LogP contribution in [0.3, 0.4) is 0 Å². The molecule has 0 aromatic heterocycles. The number of hydrogen-bond acceptors (Lipinski definition) is 5. The van der Waals surface area contributed by atoms with Gasteiger partial charge in [-0.2, -0.15) is 0 Å². The fraction of sp³-hybridized carbons (Fsp3) is 0.188. The largest absolute Gasteiger partial charge is 0.489 e. The van der Waals surface area contributed by atoms with Gasteiger partial charge in [0.1, 0.15) is 18.3 Å². The summed E-state index contributed by atoms with van der Waals surface area (Å²) >= 11 is 0. The Bertz CT molecular complexity index is 1470. The number of carbonyl (C=O) groups excluding carboxylic acids is 2. The minimum atomic E-state index is -0.900. The van der Waals surface area contributed by atoms with E-state index in [1.54, 1.807) is 5.06 Å². The summed E-state index contributed by atoms with van der Waals surface area (Å²) in [5.41, 5.74) is 5.45. The van der Waals surface area contributed by atoms with Crippen LogP contribution in [0.2, 0.25) is 0 Å². The standard InChI is InChI=1S/C32H28N2O4/c1-21-13-16-26(19-22(21)2)33-31(35)28-29(34(38-30(28)32(33)36)25-11-7-4-8-12-25)24-14-17-27(18-15-24)37-20-23-9-5-3-6-10-23/h3-19,28-30H,20H2,1-2H3. The van der Waals surface area contributed by atoms with E-state index in [0.717, 1.165) is 33.7 Å². The number of hydrogen-bond donors (Lipinski definition) is 0. The zero-order chi connectivity index (χ0) is 26.2. The Hall–Kier alpha value is -4.42. The molecular weight excluding hydrogens is 476 g/mol. The molecule has 2 aliphatic heterocycles. The first-order chi connectivity index (χ1) is 18.5. The predicted molar refractivity (Wildman–Crippen MR) is 146 cm³/mol. The first kappa shape index (κ1) is 23.9. The van der Waals surface area contributed by atoms with Crippen LogP contribution in [0, 0.1) is 19.8 Å². The molecule has 38 heavy (non-hydrogen) atoms. The average molecular weight is 505 g/mol. The summed E-state index contributed by atoms with van der Waals surface area (Å²) in [4.78, 5) is 34.9. The van der Waals surface area contributed by atoms with Crippen molar-refractivity contribution in [2.45, 2.75) is 32.6 Å². The Morgan fingerprint density at radius 2 is 1.42 bits per heavy atom. The second kappa shape index (κ2) is 9.80. The first-order valence-electron chi connectivity index (χ1n) is 12.7. The molecule has 2 saturated heterocycles. The highest BCUT2D eigenvalue weighted by atomic mass is 16.7. The summed E-state index contributed by atoms with van der Waals surface area (Å²) in [5, 5.41) is 1.71. The molecule has 4 aromatic carbocycles. The van der Waals surface area contributed by atoms with Crippen molar-refractivity contribution in [3.8, 4) is 5.75 Å². The van der Waals surface area contributed by atoms with E-state index in [9.17, 15) is 9.59 Å². The fourth-order valence-corrected chi connectivity index (χ4v) is 5.17. The number of hydroxylamine groups is 1. The maximum absolute atomic E-state index is 13.9. The number of rotatable bonds is 6. The second-order valence-electron chi connectivity index (χ2n) is 9.78. The van der Waals surface area contributed by atoms with Gasteiger partial charge in [-0.25, -0.2) is 9.96 Å². The van der Waals surface area contributed by atoms with Crippen molar-refractivity contribution in [1.82, 2.24) is 0 Å². The molecule has 190 valence electrons. The van der Waals surface area contributed by atoms with Crippen molar-refractivity contribution in [1.29, 1.82) is 0 Å². The van der Waals surface area contributed by atoms with Crippen LogP contribution in [0.15, 0.2) is 103 Å². The number of fused-ring (bicyclic) bond motifs is 1. The van der Waals surface area contributed by atoms with Crippen LogP contribution < -0.4 is 14.7 Å². The quantitative estimate of drug-likeness (QED) is 0.305. The number of amides is 2. The molecule has 0 saturated carbocycles. The molecule has 0 aliphatic carbocycles. The van der Waals surface area contributed by atoms with E-state index in [1.165, 1.54) is 4.90 Å². The number of para-hydroxylation sites is 1. The third kappa shape index (κ3) is 4.23. The smallest absolute Gasteiger partial charge is 0.266 e. The van der Waals surface area contributed by atoms with Crippen LogP contribution in [0.1, 0.15) is 28.3 Å². The fourth-order valence-electron chi connectivity index (χ4n) is 5.17. The van der Waals surface area contributed by atoms with Gasteiger partial charge in [-0.1, -0.05) is 66.7 Å². The van der Waals surface area contributed by atoms with Crippen molar-refractivity contribution >= 4 is 23.2 Å². The van der Waals surface area contributed by atoms with Gasteiger partial charge in [0.2, 0.25) is 5.91 Å². The Morgan fingerprint density at radius 3 is 2.11 bits per heavy atom. The van der Waals surface area contributed by atoms with Crippen LogP contribution in [0.25, 0.3) is 0 Å². The number of imide groups is 1. The van der Waals surface area contributed by atoms with Gasteiger partial charge in [0.25, 0.3) is 5.91 Å². The molecule has 0 N–H and O–H groups in total. The van der Waals surface area contributed by atoms with E-state index in [4.69, 9.17) is 9.57 Å². The molecule has 6 nitrogen and oxygen atoms in total. The molecule has 0 radical (unpaired) electrons. The molecule has 3 unspecified atom stereocenters. The monoisotopic (exact) mass is 504 g/mol. The van der Waals surface area contributed by atoms with Gasteiger partial charge in [-0.3, -0.25) is 14.4 Å². The normalized spacial score (nSPS) is 20.6. The van der Waals surface area contributed by atoms with E-state index in [0.29, 0.717) is 12.3 Å². The Labute approximate surface area is 222 Å². The van der Waals surface area contributed by atoms with E-state index >= 15 is 0 Å². The van der Waals surface area contributed by atoms with Gasteiger partial charge in [0.15, 0.2) is 6.10 Å². The van der Waals surface area contributed by atoms with Crippen LogP contribution in [-0.2, 0) is 21.0 Å². The molecular formula is C32H28N2O4. The molecule has 4 aromatic rings. The van der Waals surface area contributed by atoms with E-state index in [2.05, 4.69) is 0 Å². The number of aryl methyl sites for hydroxylation is 2. The number of carbonyl (C=O) groups is 2. The van der Waals surface area contributed by atoms with E-state index in [1.807, 2.05) is 117 Å². The topological polar surface area (TPSA) is 59.1 Å². The highest BCUT2D eigenvalue weighted by Crippen LogP contribution is 2.47. The summed E-state index contributed by atoms with van der Waals surface area (Å²) in [5.74, 6) is -0.545. The number of benzene rings is 4. The van der Waals surface area contributed by atoms with Crippen molar-refractivity contribution in [2.24, 2.45) is 5.92 Å². The van der Waals surface area contributed by atoms with Gasteiger partial charge in [0, 0.05) is 0 Å². The Morgan fingerprint density at radius 1 is 0.737 bits per heavy atom. The molecule has 0 bridgehead atoms. The summed E-state index contributed by atoms with van der Waals surface area (Å²) < 4.78 is 5.97. The maximum Gasteiger partial charge on any atom is 0.266 e. The van der Waals surface area contributed by atoms with Gasteiger partial charge >= 0.3 is 0 Å². The van der Waals surface area contributed by atoms with Crippen molar-refractivity contribution < 1.29 is 19.2 Å². The summed E-state index contributed by atoms with van der Waals surface area (Å²) in [6, 6.07) is 32.4. The van der Waals surface area contributed by atoms with Crippen molar-refractivity contribution in [3.63, 3.8) is 0 Å². The highest BCUT2D eigenvalue weighted by molar-refractivity contribution is 6.24. The third-order valence-electron chi connectivity index (χ3n) is 7.34. The molecule has 6 heteroatoms. The molecule has 2 aliphatic rings. The summed E-state index contributed by atoms with van der Waals surface area (Å²) in [6.45, 7) is 4.44. The van der Waals surface area contributed by atoms with Gasteiger partial charge < -0.3 is 4.74 Å². The number of ether oxygens (including phenoxy) is 1. The third-order valence-corrected chi connectivity index (χ3v) is 7.34. The SMILES string of the molecule is Cc1ccc(N2C(=O)C3ON(c4ccccc4)C(c4ccc(OCc5ccccc5)cc4)C3C2=O)cc1C. The number of nitrogens with zero attached hydrogens (tertiary/aromatic N) is 2. The molecule has 6 rings (SSSR count). The van der Waals surface area contributed by atoms with Crippen molar-refractivity contribution in [3.05, 3.63) is 125 Å². The minimum Gasteiger partial charge on any atom is -0.489 e. The van der Waals surface area contributed by atoms with Crippen LogP contribution >= 0.6 is 0 Å². The lowest BCUT2D eigenvalue weighted by Gasteiger charge is -2.29. The molecule has 2 amide bonds. The lowest BCUT2D eigenvalue weighted by atomic mass is 9.90. The van der Waals surface area contributed by atoms with Crippen molar-refractivity contribution in [2.75, 3.05) is 9.96 Å². The van der Waals surface area contributed by atoms with Crippen LogP contribution in [-0.4, -0.2) is 17.9 Å². The highest BCUT2D eigenvalue weighted by Gasteiger charge is 2.60. The molecule has 3 atom stereocenters. The van der Waals surface area contributed by atoms with Gasteiger partial charge in [0.05, 0.1) is 17.4 Å². The Balaban J connectivity index is 1.32. The summed E-state index contributed by atoms with van der Waals surface area (Å²) in [6.07, 6.45) is -0.900. The first-order valence-corrected chi connectivity index (χ1v) is 12.7. The summed E-state index contributed by atoms with van der Waals surface area (Å²) in [7, 11) is 0. The second-order valence-corrected chi connectivity index (χ2v) is 9.78. The average Bonchev–Trinajstić information content (AvgIpc) is 3.46. The zero-order valence-electron chi connectivity index (χ0n) is 21.3. The maximum atomic E-state index is 13.9. The molecule has 0 spiro atoms. The van der Waals surface area contributed by atoms with Crippen LogP contribution in [0.5, 0.6) is 5.75 Å². The molecule has 2 fully saturated rings. The lowest BCUT2D eigenvalue weighted by Crippen LogP contribution is -2.37. The van der Waals surface area contributed by atoms with Crippen LogP contribution in [0.4, 0.5) is 11.4 Å². The van der Waals surface area contributed by atoms with E-state index in [-0.39, 0.29) is 11.8 Å². The van der Waals surface area contributed by atoms with Gasteiger partial charge in [-0.05, 0) is 72.5 Å². The molecule has 2 heterocycles.